The van der Waals surface area contributed by atoms with E-state index in [4.69, 9.17) is 14.3 Å². The van der Waals surface area contributed by atoms with Crippen LogP contribution in [0, 0.1) is 5.41 Å². The zero-order valence-electron chi connectivity index (χ0n) is 33.7. The maximum Gasteiger partial charge on any atom is 0.374 e. The molecule has 2 aromatic rings. The number of nitrogens with one attached hydrogen (secondary N) is 2. The quantitative estimate of drug-likeness (QED) is 0.0428. The molecule has 1 fully saturated rings. The molecular weight excluding hydrogens is 873 g/mol. The fraction of sp³-hybridized carbons (Fsp3) is 0.450. The highest BCUT2D eigenvalue weighted by Gasteiger charge is 2.48. The summed E-state index contributed by atoms with van der Waals surface area (Å²) in [4.78, 5) is 41.4. The number of benzene rings is 1. The molecule has 19 nitrogen and oxygen atoms in total. The molecule has 1 aromatic carbocycles. The van der Waals surface area contributed by atoms with Crippen molar-refractivity contribution in [3.05, 3.63) is 95.8 Å². The molecule has 62 heavy (non-hydrogen) atoms. The van der Waals surface area contributed by atoms with E-state index in [0.29, 0.717) is 47.4 Å². The first kappa shape index (κ1) is 47.9. The van der Waals surface area contributed by atoms with E-state index >= 15 is 0 Å². The van der Waals surface area contributed by atoms with Crippen LogP contribution in [0.25, 0.3) is 17.2 Å². The van der Waals surface area contributed by atoms with E-state index in [1.54, 1.807) is 65.3 Å². The molecular formula is C40H51N4O15S3+. The van der Waals surface area contributed by atoms with Gasteiger partial charge in [-0.05, 0) is 67.5 Å². The molecule has 2 amide bonds. The van der Waals surface area contributed by atoms with Gasteiger partial charge in [-0.25, -0.2) is 0 Å². The Kier molecular flexibility index (Phi) is 16.1. The van der Waals surface area contributed by atoms with Crippen LogP contribution in [0.2, 0.25) is 0 Å². The lowest BCUT2D eigenvalue weighted by molar-refractivity contribution is -0.677. The zero-order valence-corrected chi connectivity index (χ0v) is 36.1. The van der Waals surface area contributed by atoms with Gasteiger partial charge < -0.3 is 29.8 Å². The van der Waals surface area contributed by atoms with Crippen molar-refractivity contribution in [2.45, 2.75) is 70.1 Å². The number of oxazole rings is 1. The monoisotopic (exact) mass is 923 g/mol. The number of unbranched alkanes of at least 4 members (excludes halogenated alkanes) is 2. The number of carbonyl (C=O) groups excluding carboxylic acids is 2. The average Bonchev–Trinajstić information content (AvgIpc) is 3.73. The zero-order chi connectivity index (χ0) is 45.1. The molecule has 2 heterocycles. The lowest BCUT2D eigenvalue weighted by Gasteiger charge is -2.35. The molecule has 6 N–H and O–H groups in total. The Morgan fingerprint density at radius 3 is 2.19 bits per heavy atom. The summed E-state index contributed by atoms with van der Waals surface area (Å²) in [5, 5.41) is 14.3. The van der Waals surface area contributed by atoms with Gasteiger partial charge in [0.15, 0.2) is 12.4 Å². The number of carbonyl (C=O) groups is 3. The van der Waals surface area contributed by atoms with Crippen LogP contribution < -0.4 is 15.2 Å². The van der Waals surface area contributed by atoms with Gasteiger partial charge in [0.05, 0.1) is 29.4 Å². The number of ether oxygens (including phenoxy) is 1. The third kappa shape index (κ3) is 13.9. The van der Waals surface area contributed by atoms with Crippen LogP contribution in [-0.2, 0) is 56.0 Å². The minimum atomic E-state index is -4.49. The summed E-state index contributed by atoms with van der Waals surface area (Å²) in [7, 11) is -13.0. The minimum absolute atomic E-state index is 0.0453. The van der Waals surface area contributed by atoms with Crippen molar-refractivity contribution in [1.82, 2.24) is 15.5 Å². The largest absolute Gasteiger partial charge is 0.481 e. The standard InChI is InChI=1S/C40H50N4O15S3/c45-37(46)14-2-1-7-19-41-38(47)40(39(48)42-20-25-62(55,56)57)27-29(15-17-35-43(21-8-23-60(49,50)51)31-10-3-5-12-33(31)58-35)26-30(28-40)16-18-36-44(22-9-24-61(52,53)54)32-11-4-6-13-34(32)59-36/h3-6,10-13,15-18,26,31,33H,1-2,7-9,14,19-25,27-28H2,(H5-,41,42,45,46,47,48,49,50,51,52,53,54,55,56,57)/p+1. The van der Waals surface area contributed by atoms with Gasteiger partial charge in [0.1, 0.15) is 11.5 Å². The third-order valence-corrected chi connectivity index (χ3v) is 12.6. The van der Waals surface area contributed by atoms with E-state index in [1.807, 2.05) is 23.1 Å². The van der Waals surface area contributed by atoms with Gasteiger partial charge >= 0.3 is 11.9 Å². The first-order chi connectivity index (χ1) is 29.2. The molecule has 1 aromatic heterocycles. The Bertz CT molecular complexity index is 2520. The number of nitrogens with zero attached hydrogens (tertiary/aromatic N) is 2. The van der Waals surface area contributed by atoms with Crippen molar-refractivity contribution in [1.29, 1.82) is 0 Å². The number of aryl methyl sites for hydroxylation is 1. The van der Waals surface area contributed by atoms with Crippen molar-refractivity contribution in [2.24, 2.45) is 5.41 Å². The molecule has 0 bridgehead atoms. The maximum atomic E-state index is 14.3. The average molecular weight is 924 g/mol. The van der Waals surface area contributed by atoms with Gasteiger partial charge in [-0.2, -0.15) is 29.8 Å². The van der Waals surface area contributed by atoms with Crippen LogP contribution in [0.4, 0.5) is 0 Å². The summed E-state index contributed by atoms with van der Waals surface area (Å²) in [6, 6.07) is 6.71. The number of allylic oxidation sites excluding steroid dienone is 8. The number of amides is 2. The highest BCUT2D eigenvalue weighted by Crippen LogP contribution is 2.41. The smallest absolute Gasteiger partial charge is 0.374 e. The second-order valence-electron chi connectivity index (χ2n) is 15.1. The Morgan fingerprint density at radius 2 is 1.48 bits per heavy atom. The summed E-state index contributed by atoms with van der Waals surface area (Å²) < 4.78 is 111. The Balaban J connectivity index is 1.55. The molecule has 5 rings (SSSR count). The number of rotatable bonds is 22. The number of aliphatic carboxylic acids is 1. The second kappa shape index (κ2) is 20.8. The molecule has 1 aliphatic heterocycles. The topological polar surface area (TPSA) is 288 Å². The van der Waals surface area contributed by atoms with Gasteiger partial charge in [-0.1, -0.05) is 48.9 Å². The normalized spacial score (nSPS) is 21.7. The fourth-order valence-corrected chi connectivity index (χ4v) is 8.80. The summed E-state index contributed by atoms with van der Waals surface area (Å²) in [6.07, 6.45) is 16.0. The molecule has 3 unspecified atom stereocenters. The van der Waals surface area contributed by atoms with E-state index in [0.717, 1.165) is 0 Å². The van der Waals surface area contributed by atoms with Crippen molar-refractivity contribution < 1.29 is 72.1 Å². The van der Waals surface area contributed by atoms with E-state index in [-0.39, 0.29) is 63.7 Å². The Labute approximate surface area is 359 Å². The van der Waals surface area contributed by atoms with Gasteiger partial charge in [-0.3, -0.25) is 28.0 Å². The molecule has 0 saturated carbocycles. The van der Waals surface area contributed by atoms with Crippen molar-refractivity contribution in [2.75, 3.05) is 36.9 Å². The van der Waals surface area contributed by atoms with Crippen LogP contribution in [0.3, 0.4) is 0 Å². The first-order valence-electron chi connectivity index (χ1n) is 19.9. The fourth-order valence-electron chi connectivity index (χ4n) is 7.45. The van der Waals surface area contributed by atoms with Crippen LogP contribution in [0.15, 0.2) is 94.3 Å². The molecule has 3 aliphatic rings. The number of hydrogen-bond donors (Lipinski definition) is 6. The maximum absolute atomic E-state index is 14.3. The van der Waals surface area contributed by atoms with Crippen molar-refractivity contribution in [3.63, 3.8) is 0 Å². The molecule has 22 heteroatoms. The lowest BCUT2D eigenvalue weighted by Crippen LogP contribution is -2.53. The number of carboxylic acids is 1. The molecule has 2 aliphatic carbocycles. The number of carboxylic acid groups (broad SMARTS) is 1. The van der Waals surface area contributed by atoms with Gasteiger partial charge in [0.25, 0.3) is 35.9 Å². The molecule has 0 spiro atoms. The summed E-state index contributed by atoms with van der Waals surface area (Å²) in [5.74, 6) is -3.68. The molecule has 1 saturated heterocycles. The van der Waals surface area contributed by atoms with Gasteiger partial charge in [0, 0.05) is 38.5 Å². The summed E-state index contributed by atoms with van der Waals surface area (Å²) in [6.45, 7) is -0.0984. The predicted molar refractivity (Wildman–Crippen MR) is 226 cm³/mol. The van der Waals surface area contributed by atoms with Crippen LogP contribution >= 0.6 is 0 Å². The van der Waals surface area contributed by atoms with Crippen LogP contribution in [0.1, 0.15) is 57.3 Å². The first-order valence-corrected chi connectivity index (χ1v) is 24.7. The SMILES string of the molecule is O=C(O)CCCCCNC(=O)C1(C(=O)NCCS(=O)(=O)O)CC(/C=C/c2oc3ccccc3[n+]2CCCS(=O)(=O)O)=CC(=C/C=C2\OC3C=CC=CC3N2CCCS(=O)(=O)O)/C1. The van der Waals surface area contributed by atoms with Crippen LogP contribution in [0.5, 0.6) is 0 Å². The second-order valence-corrected chi connectivity index (χ2v) is 19.8. The highest BCUT2D eigenvalue weighted by atomic mass is 32.2. The molecule has 3 atom stereocenters. The van der Waals surface area contributed by atoms with Crippen molar-refractivity contribution in [3.8, 4) is 0 Å². The number of para-hydroxylation sites is 2. The summed E-state index contributed by atoms with van der Waals surface area (Å²) >= 11 is 0. The highest BCUT2D eigenvalue weighted by molar-refractivity contribution is 7.86. The van der Waals surface area contributed by atoms with Gasteiger partial charge in [-0.15, -0.1) is 0 Å². The van der Waals surface area contributed by atoms with Crippen molar-refractivity contribution >= 4 is 65.3 Å². The number of fused-ring (bicyclic) bond motifs is 2. The molecule has 338 valence electrons. The predicted octanol–water partition coefficient (Wildman–Crippen LogP) is 2.72. The van der Waals surface area contributed by atoms with E-state index in [2.05, 4.69) is 10.6 Å². The Morgan fingerprint density at radius 1 is 0.806 bits per heavy atom. The lowest BCUT2D eigenvalue weighted by atomic mass is 9.70. The van der Waals surface area contributed by atoms with Crippen LogP contribution in [-0.4, -0.2) is 116 Å². The van der Waals surface area contributed by atoms with E-state index in [9.17, 15) is 53.3 Å². The number of aromatic nitrogens is 1. The Hall–Kier alpha value is -5.13. The third-order valence-electron chi connectivity index (χ3n) is 10.3. The van der Waals surface area contributed by atoms with E-state index < -0.39 is 83.5 Å². The van der Waals surface area contributed by atoms with Gasteiger partial charge in [0.2, 0.25) is 17.4 Å². The number of hydrogen-bond acceptors (Lipinski definition) is 12. The van der Waals surface area contributed by atoms with E-state index in [1.165, 1.54) is 0 Å². The summed E-state index contributed by atoms with van der Waals surface area (Å²) in [5.41, 5.74) is 0.0822. The minimum Gasteiger partial charge on any atom is -0.481 e. The molecule has 0 radical (unpaired) electrons.